The summed E-state index contributed by atoms with van der Waals surface area (Å²) in [6.07, 6.45) is -8.97. The predicted molar refractivity (Wildman–Crippen MR) is 152 cm³/mol. The van der Waals surface area contributed by atoms with E-state index in [1.807, 2.05) is 0 Å². The molecular formula is C29H20ClF7N8O3. The molecule has 0 unspecified atom stereocenters. The van der Waals surface area contributed by atoms with Crippen LogP contribution in [0.25, 0.3) is 5.82 Å². The maximum Gasteiger partial charge on any atom is 0.573 e. The third kappa shape index (κ3) is 7.93. The van der Waals surface area contributed by atoms with Crippen LogP contribution in [0.1, 0.15) is 49.1 Å². The third-order valence-electron chi connectivity index (χ3n) is 6.69. The number of nitrogens with one attached hydrogen (secondary N) is 1. The van der Waals surface area contributed by atoms with Crippen molar-refractivity contribution < 1.29 is 45.1 Å². The Morgan fingerprint density at radius 3 is 2.46 bits per heavy atom. The van der Waals surface area contributed by atoms with Crippen molar-refractivity contribution in [2.75, 3.05) is 0 Å². The number of hydrogen-bond donors (Lipinski definition) is 1. The van der Waals surface area contributed by atoms with Crippen LogP contribution < -0.4 is 10.1 Å². The molecule has 0 saturated heterocycles. The van der Waals surface area contributed by atoms with E-state index in [1.165, 1.54) is 43.5 Å². The second-order valence-electron chi connectivity index (χ2n) is 10.1. The summed E-state index contributed by atoms with van der Waals surface area (Å²) >= 11 is 6.29. The van der Waals surface area contributed by atoms with Crippen molar-refractivity contribution in [3.63, 3.8) is 0 Å². The standard InChI is InChI=1S/C29H20ClF7N8O3/c1-15-20(19(7-8-22(15)31)26(47)39-13-16-4-2-5-18(10-16)48-29(35,36)37)12-24(46)23-11-17(14-44-42-27(40-43-44)28(32,33)34)41-45(23)25-21(30)6-3-9-38-25/h2-11H,12-14H2,1H3,(H,39,47). The van der Waals surface area contributed by atoms with Crippen LogP contribution in [0.15, 0.2) is 60.8 Å². The topological polar surface area (TPSA) is 130 Å². The van der Waals surface area contributed by atoms with Gasteiger partial charge in [-0.15, -0.1) is 23.4 Å². The maximum absolute atomic E-state index is 14.7. The van der Waals surface area contributed by atoms with Crippen molar-refractivity contribution in [3.8, 4) is 11.6 Å². The van der Waals surface area contributed by atoms with Crippen molar-refractivity contribution in [3.05, 3.63) is 111 Å². The van der Waals surface area contributed by atoms with Gasteiger partial charge in [0.25, 0.3) is 11.7 Å². The summed E-state index contributed by atoms with van der Waals surface area (Å²) in [5, 5.41) is 16.5. The number of aromatic nitrogens is 7. The van der Waals surface area contributed by atoms with Crippen LogP contribution in [0.5, 0.6) is 5.75 Å². The lowest BCUT2D eigenvalue weighted by atomic mass is 9.95. The number of Topliss-reactive ketones (excluding diaryl/α,β-unsaturated/α-hetero) is 1. The predicted octanol–water partition coefficient (Wildman–Crippen LogP) is 5.68. The fraction of sp³-hybridized carbons (Fsp3) is 0.207. The minimum atomic E-state index is -4.92. The highest BCUT2D eigenvalue weighted by Gasteiger charge is 2.37. The number of hydrogen-bond acceptors (Lipinski definition) is 8. The zero-order valence-electron chi connectivity index (χ0n) is 24.3. The number of tetrazole rings is 1. The van der Waals surface area contributed by atoms with Gasteiger partial charge < -0.3 is 10.1 Å². The molecule has 0 radical (unpaired) electrons. The lowest BCUT2D eigenvalue weighted by molar-refractivity contribution is -0.274. The molecule has 0 spiro atoms. The smallest absolute Gasteiger partial charge is 0.406 e. The molecule has 1 N–H and O–H groups in total. The molecule has 5 rings (SSSR count). The fourth-order valence-corrected chi connectivity index (χ4v) is 4.72. The van der Waals surface area contributed by atoms with Gasteiger partial charge in [0.15, 0.2) is 11.6 Å². The first-order valence-corrected chi connectivity index (χ1v) is 14.0. The molecule has 5 aromatic rings. The molecule has 250 valence electrons. The van der Waals surface area contributed by atoms with Gasteiger partial charge in [-0.25, -0.2) is 14.1 Å². The summed E-state index contributed by atoms with van der Waals surface area (Å²) in [7, 11) is 0. The van der Waals surface area contributed by atoms with Gasteiger partial charge >= 0.3 is 12.5 Å². The molecule has 3 heterocycles. The quantitative estimate of drug-likeness (QED) is 0.146. The molecular weight excluding hydrogens is 677 g/mol. The normalized spacial score (nSPS) is 11.9. The van der Waals surface area contributed by atoms with Gasteiger partial charge in [-0.05, 0) is 71.3 Å². The van der Waals surface area contributed by atoms with Crippen LogP contribution >= 0.6 is 11.6 Å². The van der Waals surface area contributed by atoms with E-state index in [9.17, 15) is 40.3 Å². The number of nitrogens with zero attached hydrogens (tertiary/aromatic N) is 7. The second kappa shape index (κ2) is 13.4. The van der Waals surface area contributed by atoms with Gasteiger partial charge in [-0.1, -0.05) is 23.7 Å². The third-order valence-corrected chi connectivity index (χ3v) is 6.99. The minimum Gasteiger partial charge on any atom is -0.406 e. The highest BCUT2D eigenvalue weighted by atomic mass is 35.5. The van der Waals surface area contributed by atoms with Crippen LogP contribution in [0, 0.1) is 12.7 Å². The molecule has 0 saturated carbocycles. The highest BCUT2D eigenvalue weighted by Crippen LogP contribution is 2.27. The monoisotopic (exact) mass is 696 g/mol. The molecule has 48 heavy (non-hydrogen) atoms. The van der Waals surface area contributed by atoms with Gasteiger partial charge in [0.05, 0.1) is 10.7 Å². The molecule has 0 aliphatic carbocycles. The van der Waals surface area contributed by atoms with E-state index in [4.69, 9.17) is 11.6 Å². The number of carbonyl (C=O) groups excluding carboxylic acids is 2. The van der Waals surface area contributed by atoms with Crippen molar-refractivity contribution in [2.45, 2.75) is 39.0 Å². The van der Waals surface area contributed by atoms with Crippen LogP contribution in [-0.2, 0) is 25.7 Å². The largest absolute Gasteiger partial charge is 0.573 e. The Morgan fingerprint density at radius 2 is 1.77 bits per heavy atom. The Bertz CT molecular complexity index is 1990. The van der Waals surface area contributed by atoms with E-state index in [0.29, 0.717) is 4.80 Å². The average Bonchev–Trinajstić information content (AvgIpc) is 3.66. The molecule has 0 aliphatic rings. The number of pyridine rings is 1. The summed E-state index contributed by atoms with van der Waals surface area (Å²) in [6.45, 7) is 0.667. The summed E-state index contributed by atoms with van der Waals surface area (Å²) in [5.74, 6) is -4.20. The molecule has 0 aliphatic heterocycles. The van der Waals surface area contributed by atoms with E-state index in [0.717, 1.165) is 28.9 Å². The molecule has 0 bridgehead atoms. The summed E-state index contributed by atoms with van der Waals surface area (Å²) in [6, 6.07) is 11.3. The SMILES string of the molecule is Cc1c(F)ccc(C(=O)NCc2cccc(OC(F)(F)F)c2)c1CC(=O)c1cc(Cn2nnc(C(F)(F)F)n2)nn1-c1ncccc1Cl. The summed E-state index contributed by atoms with van der Waals surface area (Å²) in [4.78, 5) is 31.8. The van der Waals surface area contributed by atoms with Crippen LogP contribution in [0.3, 0.4) is 0 Å². The van der Waals surface area contributed by atoms with Crippen molar-refractivity contribution >= 4 is 23.3 Å². The van der Waals surface area contributed by atoms with Crippen molar-refractivity contribution in [1.82, 2.24) is 40.3 Å². The number of amides is 1. The number of carbonyl (C=O) groups is 2. The molecule has 3 aromatic heterocycles. The Kier molecular flexibility index (Phi) is 9.47. The average molecular weight is 697 g/mol. The summed E-state index contributed by atoms with van der Waals surface area (Å²) < 4.78 is 96.5. The van der Waals surface area contributed by atoms with E-state index >= 15 is 0 Å². The number of rotatable bonds is 10. The Labute approximate surface area is 270 Å². The van der Waals surface area contributed by atoms with Crippen molar-refractivity contribution in [2.24, 2.45) is 0 Å². The first-order valence-electron chi connectivity index (χ1n) is 13.6. The van der Waals surface area contributed by atoms with Gasteiger partial charge in [0.2, 0.25) is 0 Å². The number of alkyl halides is 6. The summed E-state index contributed by atoms with van der Waals surface area (Å²) in [5.41, 5.74) is -0.0470. The lowest BCUT2D eigenvalue weighted by Crippen LogP contribution is -2.25. The Hall–Kier alpha value is -5.39. The van der Waals surface area contributed by atoms with E-state index < -0.39 is 54.6 Å². The minimum absolute atomic E-state index is 0.0110. The number of ketones is 1. The molecule has 1 amide bonds. The molecule has 11 nitrogen and oxygen atoms in total. The number of ether oxygens (including phenoxy) is 1. The van der Waals surface area contributed by atoms with Crippen LogP contribution in [0.2, 0.25) is 5.02 Å². The maximum atomic E-state index is 14.7. The first kappa shape index (κ1) is 34.0. The van der Waals surface area contributed by atoms with E-state index in [1.54, 1.807) is 0 Å². The molecule has 0 atom stereocenters. The van der Waals surface area contributed by atoms with Crippen LogP contribution in [0.4, 0.5) is 30.7 Å². The Balaban J connectivity index is 1.43. The zero-order valence-corrected chi connectivity index (χ0v) is 25.0. The second-order valence-corrected chi connectivity index (χ2v) is 10.5. The molecule has 19 heteroatoms. The van der Waals surface area contributed by atoms with Crippen molar-refractivity contribution in [1.29, 1.82) is 0 Å². The number of halogens is 8. The van der Waals surface area contributed by atoms with Gasteiger partial charge in [0.1, 0.15) is 23.8 Å². The molecule has 0 fully saturated rings. The zero-order chi connectivity index (χ0) is 34.8. The molecule has 2 aromatic carbocycles. The van der Waals surface area contributed by atoms with Crippen LogP contribution in [-0.4, -0.2) is 53.0 Å². The number of benzene rings is 2. The lowest BCUT2D eigenvalue weighted by Gasteiger charge is -2.14. The van der Waals surface area contributed by atoms with E-state index in [-0.39, 0.29) is 51.0 Å². The van der Waals surface area contributed by atoms with Gasteiger partial charge in [-0.3, -0.25) is 9.59 Å². The highest BCUT2D eigenvalue weighted by molar-refractivity contribution is 6.32. The van der Waals surface area contributed by atoms with Gasteiger partial charge in [-0.2, -0.15) is 23.1 Å². The van der Waals surface area contributed by atoms with E-state index in [2.05, 4.69) is 35.5 Å². The fourth-order valence-electron chi connectivity index (χ4n) is 4.52. The van der Waals surface area contributed by atoms with Gasteiger partial charge in [0, 0.05) is 24.7 Å². The Morgan fingerprint density at radius 1 is 1.00 bits per heavy atom. The first-order chi connectivity index (χ1) is 22.6.